The minimum Gasteiger partial charge on any atom is -0.489 e. The van der Waals surface area contributed by atoms with Gasteiger partial charge in [-0.25, -0.2) is 0 Å². The maximum atomic E-state index is 12.8. The first-order chi connectivity index (χ1) is 15.5. The standard InChI is InChI=1S/C24H18BrCl2N3O2/c25-19-6-10-21(11-7-19)32-15-17-2-1-3-18(12-17)24(31)28-23-22(27)14-30(29-23)13-16-4-8-20(26)9-5-16/h1-12,14H,13,15H2,(H,28,29,31). The van der Waals surface area contributed by atoms with E-state index in [1.807, 2.05) is 60.7 Å². The monoisotopic (exact) mass is 529 g/mol. The van der Waals surface area contributed by atoms with Gasteiger partial charge in [-0.1, -0.05) is 63.4 Å². The number of aromatic nitrogens is 2. The Morgan fingerprint density at radius 2 is 1.75 bits per heavy atom. The molecule has 4 aromatic rings. The zero-order valence-corrected chi connectivity index (χ0v) is 19.9. The summed E-state index contributed by atoms with van der Waals surface area (Å²) in [6.07, 6.45) is 1.67. The Balaban J connectivity index is 1.40. The molecule has 1 N–H and O–H groups in total. The summed E-state index contributed by atoms with van der Waals surface area (Å²) in [7, 11) is 0. The summed E-state index contributed by atoms with van der Waals surface area (Å²) in [6.45, 7) is 0.856. The molecular weight excluding hydrogens is 513 g/mol. The van der Waals surface area contributed by atoms with Crippen molar-refractivity contribution >= 4 is 50.9 Å². The molecule has 0 aliphatic carbocycles. The van der Waals surface area contributed by atoms with Gasteiger partial charge in [0.05, 0.1) is 6.54 Å². The van der Waals surface area contributed by atoms with E-state index in [-0.39, 0.29) is 5.91 Å². The van der Waals surface area contributed by atoms with E-state index in [1.165, 1.54) is 0 Å². The van der Waals surface area contributed by atoms with Gasteiger partial charge in [0.25, 0.3) is 5.91 Å². The van der Waals surface area contributed by atoms with Gasteiger partial charge in [-0.15, -0.1) is 0 Å². The molecule has 4 rings (SSSR count). The lowest BCUT2D eigenvalue weighted by molar-refractivity contribution is 0.102. The normalized spacial score (nSPS) is 10.7. The Labute approximate surface area is 204 Å². The van der Waals surface area contributed by atoms with Crippen molar-refractivity contribution in [2.24, 2.45) is 0 Å². The highest BCUT2D eigenvalue weighted by atomic mass is 79.9. The average molecular weight is 531 g/mol. The van der Waals surface area contributed by atoms with Crippen LogP contribution in [-0.2, 0) is 13.2 Å². The highest BCUT2D eigenvalue weighted by Crippen LogP contribution is 2.22. The molecule has 1 aromatic heterocycles. The number of benzene rings is 3. The van der Waals surface area contributed by atoms with Gasteiger partial charge >= 0.3 is 0 Å². The SMILES string of the molecule is O=C(Nc1nn(Cc2ccc(Cl)cc2)cc1Cl)c1cccc(COc2ccc(Br)cc2)c1. The fourth-order valence-corrected chi connectivity index (χ4v) is 3.61. The number of nitrogens with one attached hydrogen (secondary N) is 1. The number of amides is 1. The van der Waals surface area contributed by atoms with Crippen LogP contribution in [0, 0.1) is 0 Å². The zero-order valence-electron chi connectivity index (χ0n) is 16.8. The fourth-order valence-electron chi connectivity index (χ4n) is 3.02. The maximum absolute atomic E-state index is 12.8. The van der Waals surface area contributed by atoms with Gasteiger partial charge < -0.3 is 10.1 Å². The summed E-state index contributed by atoms with van der Waals surface area (Å²) in [6, 6.07) is 22.3. The average Bonchev–Trinajstić information content (AvgIpc) is 3.13. The van der Waals surface area contributed by atoms with Crippen LogP contribution in [0.25, 0.3) is 0 Å². The molecule has 0 atom stereocenters. The van der Waals surface area contributed by atoms with E-state index in [9.17, 15) is 4.79 Å². The van der Waals surface area contributed by atoms with E-state index >= 15 is 0 Å². The van der Waals surface area contributed by atoms with Crippen LogP contribution in [0.3, 0.4) is 0 Å². The van der Waals surface area contributed by atoms with Crippen molar-refractivity contribution in [1.29, 1.82) is 0 Å². The summed E-state index contributed by atoms with van der Waals surface area (Å²) in [5.74, 6) is 0.761. The summed E-state index contributed by atoms with van der Waals surface area (Å²) < 4.78 is 8.44. The molecule has 0 aliphatic heterocycles. The van der Waals surface area contributed by atoms with Crippen molar-refractivity contribution in [3.05, 3.63) is 110 Å². The summed E-state index contributed by atoms with van der Waals surface area (Å²) in [5, 5.41) is 8.20. The van der Waals surface area contributed by atoms with Crippen LogP contribution >= 0.6 is 39.1 Å². The second-order valence-corrected chi connectivity index (χ2v) is 8.81. The molecule has 0 radical (unpaired) electrons. The number of nitrogens with zero attached hydrogens (tertiary/aromatic N) is 2. The van der Waals surface area contributed by atoms with Gasteiger partial charge in [-0.3, -0.25) is 9.48 Å². The molecule has 0 fully saturated rings. The quantitative estimate of drug-likeness (QED) is 0.285. The number of halogens is 3. The second kappa shape index (κ2) is 10.2. The third-order valence-corrected chi connectivity index (χ3v) is 5.67. The van der Waals surface area contributed by atoms with Gasteiger partial charge in [0.2, 0.25) is 0 Å². The van der Waals surface area contributed by atoms with Crippen molar-refractivity contribution in [3.63, 3.8) is 0 Å². The molecule has 0 aliphatic rings. The van der Waals surface area contributed by atoms with E-state index < -0.39 is 0 Å². The second-order valence-electron chi connectivity index (χ2n) is 7.05. The van der Waals surface area contributed by atoms with Crippen molar-refractivity contribution in [2.45, 2.75) is 13.2 Å². The largest absolute Gasteiger partial charge is 0.489 e. The minimum absolute atomic E-state index is 0.297. The smallest absolute Gasteiger partial charge is 0.256 e. The Bertz CT molecular complexity index is 1220. The number of rotatable bonds is 7. The van der Waals surface area contributed by atoms with Gasteiger partial charge in [0.1, 0.15) is 17.4 Å². The number of hydrogen-bond donors (Lipinski definition) is 1. The molecule has 0 spiro atoms. The van der Waals surface area contributed by atoms with E-state index in [1.54, 1.807) is 23.0 Å². The third kappa shape index (κ3) is 5.91. The molecular formula is C24H18BrCl2N3O2. The molecule has 0 saturated heterocycles. The first-order valence-corrected chi connectivity index (χ1v) is 11.3. The molecule has 1 heterocycles. The molecule has 32 heavy (non-hydrogen) atoms. The lowest BCUT2D eigenvalue weighted by atomic mass is 10.1. The molecule has 0 unspecified atom stereocenters. The molecule has 1 amide bonds. The zero-order chi connectivity index (χ0) is 22.5. The molecule has 8 heteroatoms. The van der Waals surface area contributed by atoms with Gasteiger partial charge in [0, 0.05) is 21.3 Å². The first-order valence-electron chi connectivity index (χ1n) is 9.72. The van der Waals surface area contributed by atoms with E-state index in [2.05, 4.69) is 26.3 Å². The molecule has 162 valence electrons. The van der Waals surface area contributed by atoms with Crippen LogP contribution in [0.5, 0.6) is 5.75 Å². The number of hydrogen-bond acceptors (Lipinski definition) is 3. The Hall–Kier alpha value is -2.80. The highest BCUT2D eigenvalue weighted by Gasteiger charge is 2.13. The third-order valence-electron chi connectivity index (χ3n) is 4.62. The Morgan fingerprint density at radius 1 is 1.00 bits per heavy atom. The van der Waals surface area contributed by atoms with Gasteiger partial charge in [-0.05, 0) is 59.7 Å². The Kier molecular flexibility index (Phi) is 7.15. The molecule has 3 aromatic carbocycles. The number of ether oxygens (including phenoxy) is 1. The lowest BCUT2D eigenvalue weighted by Crippen LogP contribution is -2.13. The summed E-state index contributed by atoms with van der Waals surface area (Å²) in [4.78, 5) is 12.8. The van der Waals surface area contributed by atoms with Crippen LogP contribution < -0.4 is 10.1 Å². The summed E-state index contributed by atoms with van der Waals surface area (Å²) >= 11 is 15.6. The van der Waals surface area contributed by atoms with Crippen molar-refractivity contribution in [2.75, 3.05) is 5.32 Å². The molecule has 0 bridgehead atoms. The van der Waals surface area contributed by atoms with Crippen LogP contribution in [0.15, 0.2) is 83.5 Å². The van der Waals surface area contributed by atoms with Crippen LogP contribution in [0.1, 0.15) is 21.5 Å². The van der Waals surface area contributed by atoms with Gasteiger partial charge in [0.15, 0.2) is 5.82 Å². The number of anilines is 1. The van der Waals surface area contributed by atoms with Crippen molar-refractivity contribution in [1.82, 2.24) is 9.78 Å². The van der Waals surface area contributed by atoms with E-state index in [4.69, 9.17) is 27.9 Å². The number of carbonyl (C=O) groups is 1. The minimum atomic E-state index is -0.297. The van der Waals surface area contributed by atoms with Gasteiger partial charge in [-0.2, -0.15) is 5.10 Å². The predicted octanol–water partition coefficient (Wildman–Crippen LogP) is 6.83. The van der Waals surface area contributed by atoms with E-state index in [0.29, 0.717) is 34.6 Å². The molecule has 5 nitrogen and oxygen atoms in total. The van der Waals surface area contributed by atoms with Crippen LogP contribution in [0.2, 0.25) is 10.0 Å². The maximum Gasteiger partial charge on any atom is 0.256 e. The van der Waals surface area contributed by atoms with Crippen LogP contribution in [0.4, 0.5) is 5.82 Å². The van der Waals surface area contributed by atoms with Crippen LogP contribution in [-0.4, -0.2) is 15.7 Å². The fraction of sp³-hybridized carbons (Fsp3) is 0.0833. The Morgan fingerprint density at radius 3 is 2.50 bits per heavy atom. The molecule has 0 saturated carbocycles. The van der Waals surface area contributed by atoms with E-state index in [0.717, 1.165) is 21.3 Å². The highest BCUT2D eigenvalue weighted by molar-refractivity contribution is 9.10. The summed E-state index contributed by atoms with van der Waals surface area (Å²) in [5.41, 5.74) is 2.38. The lowest BCUT2D eigenvalue weighted by Gasteiger charge is -2.08. The van der Waals surface area contributed by atoms with Crippen molar-refractivity contribution in [3.8, 4) is 5.75 Å². The van der Waals surface area contributed by atoms with Crippen molar-refractivity contribution < 1.29 is 9.53 Å². The first kappa shape index (κ1) is 22.4. The predicted molar refractivity (Wildman–Crippen MR) is 131 cm³/mol. The number of carbonyl (C=O) groups excluding carboxylic acids is 1. The topological polar surface area (TPSA) is 56.2 Å².